The van der Waals surface area contributed by atoms with Crippen LogP contribution in [0.3, 0.4) is 0 Å². The quantitative estimate of drug-likeness (QED) is 0.864. The zero-order chi connectivity index (χ0) is 16.4. The summed E-state index contributed by atoms with van der Waals surface area (Å²) in [5.41, 5.74) is 0.880. The van der Waals surface area contributed by atoms with Gasteiger partial charge in [0.25, 0.3) is 0 Å². The van der Waals surface area contributed by atoms with E-state index in [1.165, 1.54) is 13.2 Å². The Morgan fingerprint density at radius 1 is 1.22 bits per heavy atom. The number of ether oxygens (including phenoxy) is 2. The molecule has 2 aromatic rings. The third-order valence-electron chi connectivity index (χ3n) is 3.60. The highest BCUT2D eigenvalue weighted by Crippen LogP contribution is 2.36. The van der Waals surface area contributed by atoms with Crippen LogP contribution in [0.25, 0.3) is 0 Å². The normalized spacial score (nSPS) is 22.7. The van der Waals surface area contributed by atoms with E-state index in [1.54, 1.807) is 12.1 Å². The Bertz CT molecular complexity index is 795. The summed E-state index contributed by atoms with van der Waals surface area (Å²) in [4.78, 5) is 0.125. The number of fused-ring (bicyclic) bond motifs is 1. The number of hydrogen-bond acceptors (Lipinski definition) is 4. The first-order chi connectivity index (χ1) is 11.0. The summed E-state index contributed by atoms with van der Waals surface area (Å²) >= 11 is 3.36. The third kappa shape index (κ3) is 3.42. The van der Waals surface area contributed by atoms with E-state index in [-0.39, 0.29) is 11.5 Å². The molecule has 0 unspecified atom stereocenters. The van der Waals surface area contributed by atoms with Crippen molar-refractivity contribution in [2.75, 3.05) is 13.7 Å². The van der Waals surface area contributed by atoms with Gasteiger partial charge in [0.1, 0.15) is 16.7 Å². The maximum atomic E-state index is 12.6. The molecule has 0 aliphatic carbocycles. The number of hydrogen-bond donors (Lipinski definition) is 1. The molecule has 0 saturated heterocycles. The lowest BCUT2D eigenvalue weighted by Crippen LogP contribution is -2.42. The highest BCUT2D eigenvalue weighted by molar-refractivity contribution is 9.10. The molecule has 1 N–H and O–H groups in total. The van der Waals surface area contributed by atoms with E-state index in [4.69, 9.17) is 9.47 Å². The minimum Gasteiger partial charge on any atom is -0.482 e. The van der Waals surface area contributed by atoms with Gasteiger partial charge in [0.15, 0.2) is 0 Å². The number of benzene rings is 2. The number of nitrogens with one attached hydrogen (secondary N) is 1. The van der Waals surface area contributed by atoms with Crippen LogP contribution in [0.1, 0.15) is 11.7 Å². The molecule has 0 bridgehead atoms. The summed E-state index contributed by atoms with van der Waals surface area (Å²) in [7, 11) is -2.15. The number of halogens is 1. The van der Waals surface area contributed by atoms with Crippen LogP contribution in [0.15, 0.2) is 57.9 Å². The highest BCUT2D eigenvalue weighted by Gasteiger charge is 2.35. The van der Waals surface area contributed by atoms with E-state index in [2.05, 4.69) is 20.7 Å². The largest absolute Gasteiger partial charge is 0.482 e. The van der Waals surface area contributed by atoms with Crippen molar-refractivity contribution in [1.82, 2.24) is 4.72 Å². The van der Waals surface area contributed by atoms with E-state index < -0.39 is 22.2 Å². The monoisotopic (exact) mass is 397 g/mol. The number of sulfonamides is 1. The van der Waals surface area contributed by atoms with Crippen molar-refractivity contribution < 1.29 is 17.9 Å². The molecular formula is C16H16BrNO4S. The topological polar surface area (TPSA) is 64.6 Å². The highest BCUT2D eigenvalue weighted by atomic mass is 79.9. The van der Waals surface area contributed by atoms with Gasteiger partial charge >= 0.3 is 0 Å². The standard InChI is InChI=1S/C16H16BrNO4S/c1-21-10-13-16(11-5-3-2-4-6-11)22-14-9-12(17)7-8-15(14)23(19,20)18-13/h2-9,13,16,18H,10H2,1H3/t13-,16-/m0/s1. The molecule has 0 spiro atoms. The molecule has 1 heterocycles. The van der Waals surface area contributed by atoms with Gasteiger partial charge in [-0.1, -0.05) is 46.3 Å². The number of rotatable bonds is 3. The Morgan fingerprint density at radius 2 is 1.96 bits per heavy atom. The molecule has 5 nitrogen and oxygen atoms in total. The SMILES string of the molecule is COC[C@@H]1NS(=O)(=O)c2ccc(Br)cc2O[C@H]1c1ccccc1. The zero-order valence-corrected chi connectivity index (χ0v) is 14.8. The Kier molecular flexibility index (Phi) is 4.72. The van der Waals surface area contributed by atoms with E-state index in [0.29, 0.717) is 5.75 Å². The Hall–Kier alpha value is -1.41. The maximum Gasteiger partial charge on any atom is 0.244 e. The van der Waals surface area contributed by atoms with Crippen molar-refractivity contribution >= 4 is 26.0 Å². The maximum absolute atomic E-state index is 12.6. The fraction of sp³-hybridized carbons (Fsp3) is 0.250. The number of methoxy groups -OCH3 is 1. The second kappa shape index (κ2) is 6.60. The molecule has 0 radical (unpaired) electrons. The lowest BCUT2D eigenvalue weighted by atomic mass is 10.0. The lowest BCUT2D eigenvalue weighted by molar-refractivity contribution is 0.0968. The molecule has 0 aromatic heterocycles. The minimum atomic E-state index is -3.68. The van der Waals surface area contributed by atoms with Crippen molar-refractivity contribution in [3.05, 3.63) is 58.6 Å². The summed E-state index contributed by atoms with van der Waals surface area (Å²) in [5.74, 6) is 0.319. The van der Waals surface area contributed by atoms with E-state index in [0.717, 1.165) is 10.0 Å². The zero-order valence-electron chi connectivity index (χ0n) is 12.4. The fourth-order valence-corrected chi connectivity index (χ4v) is 4.26. The van der Waals surface area contributed by atoms with Crippen molar-refractivity contribution in [2.24, 2.45) is 0 Å². The van der Waals surface area contributed by atoms with Crippen LogP contribution in [-0.2, 0) is 14.8 Å². The molecule has 2 atom stereocenters. The van der Waals surface area contributed by atoms with Crippen molar-refractivity contribution in [3.8, 4) is 5.75 Å². The molecule has 0 fully saturated rings. The molecule has 2 aromatic carbocycles. The van der Waals surface area contributed by atoms with Gasteiger partial charge in [-0.3, -0.25) is 0 Å². The van der Waals surface area contributed by atoms with Gasteiger partial charge in [0, 0.05) is 11.6 Å². The smallest absolute Gasteiger partial charge is 0.244 e. The van der Waals surface area contributed by atoms with Gasteiger partial charge < -0.3 is 9.47 Å². The van der Waals surface area contributed by atoms with Crippen LogP contribution in [-0.4, -0.2) is 28.2 Å². The second-order valence-electron chi connectivity index (χ2n) is 5.22. The molecule has 1 aliphatic rings. The predicted octanol–water partition coefficient (Wildman–Crippen LogP) is 2.88. The Morgan fingerprint density at radius 3 is 2.65 bits per heavy atom. The lowest BCUT2D eigenvalue weighted by Gasteiger charge is -2.25. The van der Waals surface area contributed by atoms with Crippen LogP contribution >= 0.6 is 15.9 Å². The average molecular weight is 398 g/mol. The van der Waals surface area contributed by atoms with E-state index in [1.807, 2.05) is 30.3 Å². The van der Waals surface area contributed by atoms with Gasteiger partial charge in [0.2, 0.25) is 10.0 Å². The average Bonchev–Trinajstić information content (AvgIpc) is 2.62. The summed E-state index contributed by atoms with van der Waals surface area (Å²) in [5, 5.41) is 0. The van der Waals surface area contributed by atoms with Crippen LogP contribution in [0, 0.1) is 0 Å². The molecule has 1 aliphatic heterocycles. The second-order valence-corrected chi connectivity index (χ2v) is 7.82. The van der Waals surface area contributed by atoms with Gasteiger partial charge in [0.05, 0.1) is 12.6 Å². The predicted molar refractivity (Wildman–Crippen MR) is 89.9 cm³/mol. The molecule has 0 saturated carbocycles. The first-order valence-corrected chi connectivity index (χ1v) is 9.31. The summed E-state index contributed by atoms with van der Waals surface area (Å²) in [6, 6.07) is 13.8. The fourth-order valence-electron chi connectivity index (χ4n) is 2.58. The first kappa shape index (κ1) is 16.4. The van der Waals surface area contributed by atoms with Crippen molar-refractivity contribution in [1.29, 1.82) is 0 Å². The van der Waals surface area contributed by atoms with Crippen molar-refractivity contribution in [2.45, 2.75) is 17.0 Å². The van der Waals surface area contributed by atoms with Crippen LogP contribution < -0.4 is 9.46 Å². The van der Waals surface area contributed by atoms with E-state index in [9.17, 15) is 8.42 Å². The van der Waals surface area contributed by atoms with Crippen LogP contribution in [0.2, 0.25) is 0 Å². The summed E-state index contributed by atoms with van der Waals surface area (Å²) in [6.45, 7) is 0.202. The summed E-state index contributed by atoms with van der Waals surface area (Å²) in [6.07, 6.45) is -0.485. The van der Waals surface area contributed by atoms with Crippen LogP contribution in [0.4, 0.5) is 0 Å². The van der Waals surface area contributed by atoms with E-state index >= 15 is 0 Å². The molecule has 0 amide bonds. The molecular weight excluding hydrogens is 382 g/mol. The molecule has 3 rings (SSSR count). The van der Waals surface area contributed by atoms with Gasteiger partial charge in [-0.15, -0.1) is 0 Å². The Balaban J connectivity index is 2.12. The first-order valence-electron chi connectivity index (χ1n) is 7.03. The van der Waals surface area contributed by atoms with Crippen LogP contribution in [0.5, 0.6) is 5.75 Å². The Labute approximate surface area is 143 Å². The van der Waals surface area contributed by atoms with Gasteiger partial charge in [-0.2, -0.15) is 0 Å². The van der Waals surface area contributed by atoms with Gasteiger partial charge in [-0.25, -0.2) is 13.1 Å². The van der Waals surface area contributed by atoms with Crippen molar-refractivity contribution in [3.63, 3.8) is 0 Å². The minimum absolute atomic E-state index is 0.125. The summed E-state index contributed by atoms with van der Waals surface area (Å²) < 4.78 is 39.9. The molecule has 23 heavy (non-hydrogen) atoms. The molecule has 122 valence electrons. The van der Waals surface area contributed by atoms with Gasteiger partial charge in [-0.05, 0) is 23.8 Å². The molecule has 7 heteroatoms. The third-order valence-corrected chi connectivity index (χ3v) is 5.62.